The average molecular weight is 374 g/mol. The maximum Gasteiger partial charge on any atom is 0.248 e. The van der Waals surface area contributed by atoms with Crippen molar-refractivity contribution in [2.75, 3.05) is 10.6 Å². The summed E-state index contributed by atoms with van der Waals surface area (Å²) in [5.41, 5.74) is 5.91. The predicted molar refractivity (Wildman–Crippen MR) is 115 cm³/mol. The van der Waals surface area contributed by atoms with E-state index in [1.165, 1.54) is 5.56 Å². The standard InChI is InChI=1S/C23H26N4O/c1-16(19-8-6-5-7-9-19)24-20-10-12-21(13-11-20)25-23(28)15-14-22-17(2)26-27(4)18(22)3/h5-16,24H,1-4H3,(H,25,28)/b15-14+. The van der Waals surface area contributed by atoms with Gasteiger partial charge in [-0.05, 0) is 56.7 Å². The molecule has 0 saturated carbocycles. The molecule has 0 bridgehead atoms. The first-order chi connectivity index (χ1) is 13.4. The van der Waals surface area contributed by atoms with Gasteiger partial charge in [-0.2, -0.15) is 5.10 Å². The Morgan fingerprint density at radius 2 is 1.68 bits per heavy atom. The Labute approximate surface area is 166 Å². The van der Waals surface area contributed by atoms with Gasteiger partial charge in [0.05, 0.1) is 5.69 Å². The second kappa shape index (κ2) is 8.57. The van der Waals surface area contributed by atoms with Crippen LogP contribution < -0.4 is 10.6 Å². The molecule has 0 fully saturated rings. The fraction of sp³-hybridized carbons (Fsp3) is 0.217. The third-order valence-electron chi connectivity index (χ3n) is 4.80. The van der Waals surface area contributed by atoms with Crippen molar-refractivity contribution in [3.05, 3.63) is 83.2 Å². The summed E-state index contributed by atoms with van der Waals surface area (Å²) in [6, 6.07) is 18.2. The third-order valence-corrected chi connectivity index (χ3v) is 4.80. The fourth-order valence-electron chi connectivity index (χ4n) is 3.10. The molecule has 5 heteroatoms. The van der Waals surface area contributed by atoms with Crippen LogP contribution in [0.25, 0.3) is 6.08 Å². The van der Waals surface area contributed by atoms with E-state index in [0.29, 0.717) is 0 Å². The Kier molecular flexibility index (Phi) is 5.94. The van der Waals surface area contributed by atoms with Crippen LogP contribution in [0.5, 0.6) is 0 Å². The van der Waals surface area contributed by atoms with E-state index in [0.717, 1.165) is 28.3 Å². The van der Waals surface area contributed by atoms with Crippen molar-refractivity contribution < 1.29 is 4.79 Å². The van der Waals surface area contributed by atoms with Gasteiger partial charge in [0.15, 0.2) is 0 Å². The number of hydrogen-bond donors (Lipinski definition) is 2. The molecule has 0 saturated heterocycles. The van der Waals surface area contributed by atoms with Gasteiger partial charge >= 0.3 is 0 Å². The SMILES string of the molecule is Cc1nn(C)c(C)c1/C=C/C(=O)Nc1ccc(NC(C)c2ccccc2)cc1. The van der Waals surface area contributed by atoms with Crippen molar-refractivity contribution in [3.63, 3.8) is 0 Å². The van der Waals surface area contributed by atoms with Gasteiger partial charge in [-0.1, -0.05) is 30.3 Å². The summed E-state index contributed by atoms with van der Waals surface area (Å²) in [6.07, 6.45) is 3.35. The first kappa shape index (κ1) is 19.4. The molecule has 1 unspecified atom stereocenters. The minimum atomic E-state index is -0.166. The lowest BCUT2D eigenvalue weighted by atomic mass is 10.1. The Morgan fingerprint density at radius 3 is 2.29 bits per heavy atom. The summed E-state index contributed by atoms with van der Waals surface area (Å²) in [6.45, 7) is 6.05. The summed E-state index contributed by atoms with van der Waals surface area (Å²) in [7, 11) is 1.90. The maximum absolute atomic E-state index is 12.2. The van der Waals surface area contributed by atoms with E-state index in [4.69, 9.17) is 0 Å². The third kappa shape index (κ3) is 4.68. The van der Waals surface area contributed by atoms with Crippen molar-refractivity contribution in [2.45, 2.75) is 26.8 Å². The van der Waals surface area contributed by atoms with Crippen LogP contribution in [0, 0.1) is 13.8 Å². The second-order valence-electron chi connectivity index (χ2n) is 6.88. The highest BCUT2D eigenvalue weighted by Gasteiger charge is 2.07. The second-order valence-corrected chi connectivity index (χ2v) is 6.88. The van der Waals surface area contributed by atoms with Crippen molar-refractivity contribution in [2.24, 2.45) is 7.05 Å². The van der Waals surface area contributed by atoms with Gasteiger partial charge < -0.3 is 10.6 Å². The first-order valence-corrected chi connectivity index (χ1v) is 9.35. The van der Waals surface area contributed by atoms with E-state index in [9.17, 15) is 4.79 Å². The number of aryl methyl sites for hydroxylation is 2. The lowest BCUT2D eigenvalue weighted by molar-refractivity contribution is -0.111. The molecular formula is C23H26N4O. The van der Waals surface area contributed by atoms with E-state index < -0.39 is 0 Å². The molecule has 2 N–H and O–H groups in total. The van der Waals surface area contributed by atoms with Crippen molar-refractivity contribution in [1.82, 2.24) is 9.78 Å². The monoisotopic (exact) mass is 374 g/mol. The van der Waals surface area contributed by atoms with Crippen LogP contribution in [-0.2, 0) is 11.8 Å². The molecule has 1 amide bonds. The Morgan fingerprint density at radius 1 is 1.04 bits per heavy atom. The zero-order valence-electron chi connectivity index (χ0n) is 16.7. The molecule has 2 aromatic carbocycles. The molecule has 0 aliphatic rings. The molecule has 3 rings (SSSR count). The number of nitrogens with one attached hydrogen (secondary N) is 2. The normalized spacial score (nSPS) is 12.1. The largest absolute Gasteiger partial charge is 0.379 e. The molecule has 0 aliphatic carbocycles. The number of benzene rings is 2. The topological polar surface area (TPSA) is 59.0 Å². The van der Waals surface area contributed by atoms with Crippen LogP contribution in [0.4, 0.5) is 11.4 Å². The van der Waals surface area contributed by atoms with E-state index >= 15 is 0 Å². The van der Waals surface area contributed by atoms with Crippen molar-refractivity contribution in [3.8, 4) is 0 Å². The maximum atomic E-state index is 12.2. The average Bonchev–Trinajstić information content (AvgIpc) is 2.94. The van der Waals surface area contributed by atoms with Gasteiger partial charge in [-0.15, -0.1) is 0 Å². The van der Waals surface area contributed by atoms with Crippen LogP contribution >= 0.6 is 0 Å². The number of carbonyl (C=O) groups excluding carboxylic acids is 1. The Bertz CT molecular complexity index is 972. The molecule has 1 heterocycles. The van der Waals surface area contributed by atoms with E-state index in [-0.39, 0.29) is 11.9 Å². The molecule has 1 aromatic heterocycles. The summed E-state index contributed by atoms with van der Waals surface area (Å²) >= 11 is 0. The van der Waals surface area contributed by atoms with E-state index in [2.05, 4.69) is 34.8 Å². The molecule has 144 valence electrons. The highest BCUT2D eigenvalue weighted by atomic mass is 16.1. The number of hydrogen-bond acceptors (Lipinski definition) is 3. The summed E-state index contributed by atoms with van der Waals surface area (Å²) in [4.78, 5) is 12.2. The molecule has 0 spiro atoms. The molecule has 5 nitrogen and oxygen atoms in total. The van der Waals surface area contributed by atoms with Crippen molar-refractivity contribution in [1.29, 1.82) is 0 Å². The van der Waals surface area contributed by atoms with Gasteiger partial charge in [0.1, 0.15) is 0 Å². The smallest absolute Gasteiger partial charge is 0.248 e. The van der Waals surface area contributed by atoms with E-state index in [1.807, 2.05) is 74.1 Å². The van der Waals surface area contributed by atoms with Gasteiger partial charge in [0, 0.05) is 41.8 Å². The number of aromatic nitrogens is 2. The van der Waals surface area contributed by atoms with Crippen LogP contribution in [0.2, 0.25) is 0 Å². The van der Waals surface area contributed by atoms with Crippen molar-refractivity contribution >= 4 is 23.4 Å². The lowest BCUT2D eigenvalue weighted by Crippen LogP contribution is -2.09. The summed E-state index contributed by atoms with van der Waals surface area (Å²) in [5, 5.41) is 10.7. The lowest BCUT2D eigenvalue weighted by Gasteiger charge is -2.16. The van der Waals surface area contributed by atoms with Gasteiger partial charge in [0.2, 0.25) is 5.91 Å². The van der Waals surface area contributed by atoms with Crippen LogP contribution in [0.1, 0.15) is 35.5 Å². The van der Waals surface area contributed by atoms with Crippen LogP contribution in [-0.4, -0.2) is 15.7 Å². The minimum absolute atomic E-state index is 0.166. The quantitative estimate of drug-likeness (QED) is 0.606. The predicted octanol–water partition coefficient (Wildman–Crippen LogP) is 4.86. The van der Waals surface area contributed by atoms with Crippen LogP contribution in [0.3, 0.4) is 0 Å². The molecule has 0 aliphatic heterocycles. The first-order valence-electron chi connectivity index (χ1n) is 9.35. The minimum Gasteiger partial charge on any atom is -0.379 e. The highest BCUT2D eigenvalue weighted by molar-refractivity contribution is 6.02. The molecule has 28 heavy (non-hydrogen) atoms. The Hall–Kier alpha value is -3.34. The molecule has 1 atom stereocenters. The van der Waals surface area contributed by atoms with E-state index in [1.54, 1.807) is 6.08 Å². The van der Waals surface area contributed by atoms with Gasteiger partial charge in [0.25, 0.3) is 0 Å². The summed E-state index contributed by atoms with van der Waals surface area (Å²) < 4.78 is 1.81. The molecule has 0 radical (unpaired) electrons. The zero-order chi connectivity index (χ0) is 20.1. The fourth-order valence-corrected chi connectivity index (χ4v) is 3.10. The summed E-state index contributed by atoms with van der Waals surface area (Å²) in [5.74, 6) is -0.166. The zero-order valence-corrected chi connectivity index (χ0v) is 16.7. The number of nitrogens with zero attached hydrogens (tertiary/aromatic N) is 2. The molecule has 3 aromatic rings. The van der Waals surface area contributed by atoms with Gasteiger partial charge in [-0.3, -0.25) is 9.48 Å². The number of amides is 1. The highest BCUT2D eigenvalue weighted by Crippen LogP contribution is 2.21. The number of anilines is 2. The van der Waals surface area contributed by atoms with Crippen LogP contribution in [0.15, 0.2) is 60.7 Å². The Balaban J connectivity index is 1.59. The van der Waals surface area contributed by atoms with Gasteiger partial charge in [-0.25, -0.2) is 0 Å². The molecular weight excluding hydrogens is 348 g/mol. The number of carbonyl (C=O) groups is 1. The number of rotatable bonds is 6.